The van der Waals surface area contributed by atoms with Crippen LogP contribution >= 0.6 is 40.5 Å². The van der Waals surface area contributed by atoms with Gasteiger partial charge in [0.2, 0.25) is 5.78 Å². The van der Waals surface area contributed by atoms with E-state index in [0.717, 1.165) is 0 Å². The summed E-state index contributed by atoms with van der Waals surface area (Å²) in [5.74, 6) is 0.416. The van der Waals surface area contributed by atoms with Crippen molar-refractivity contribution in [2.45, 2.75) is 67.6 Å². The van der Waals surface area contributed by atoms with Crippen LogP contribution in [-0.4, -0.2) is 172 Å². The van der Waals surface area contributed by atoms with Gasteiger partial charge in [-0.3, -0.25) is 23.9 Å². The summed E-state index contributed by atoms with van der Waals surface area (Å²) in [4.78, 5) is 38.3. The highest BCUT2D eigenvalue weighted by molar-refractivity contribution is 7.80. The standard InChI is InChI=1S/C26H34N12O12P2S2/c1-33-9-29-37-23(53)13-19(31-25(33)37)35(7-27-13)21-17(44-3)15(49-51(40)41)12(48-21)6-46-52(42,43)50-16-11(5-39)47-22(18(16)45-4)36-8-28-14-20(36)32-26-34(2)10-30-38(26)24(14)54/h7-13,15-19,21-22,25,31,39H,5-6H2,1-4H3,(H-,40,41,42,43)/p+1/t11-,12+,13?,15-,16-,17-,18-,19?,21-,22-,25?/m1/s1. The molecule has 3 fully saturated rings. The molecular weight excluding hydrogens is 798 g/mol. The lowest BCUT2D eigenvalue weighted by atomic mass is 10.1. The number of nitrogens with zero attached hydrogens (tertiary/aromatic N) is 11. The molecule has 28 heteroatoms. The van der Waals surface area contributed by atoms with Gasteiger partial charge >= 0.3 is 16.1 Å². The van der Waals surface area contributed by atoms with E-state index >= 15 is 0 Å². The average molecular weight is 834 g/mol. The van der Waals surface area contributed by atoms with E-state index in [0.29, 0.717) is 26.6 Å². The summed E-state index contributed by atoms with van der Waals surface area (Å²) in [5.41, 5.74) is 0.650. The molecular formula is C26H35N12O12P2S2+. The van der Waals surface area contributed by atoms with Crippen molar-refractivity contribution in [3.8, 4) is 0 Å². The summed E-state index contributed by atoms with van der Waals surface area (Å²) in [5, 5.41) is 23.8. The lowest BCUT2D eigenvalue weighted by Crippen LogP contribution is -2.69. The van der Waals surface area contributed by atoms with E-state index < -0.39 is 96.9 Å². The van der Waals surface area contributed by atoms with E-state index in [2.05, 4.69) is 30.5 Å². The number of methoxy groups -OCH3 is 2. The topological polar surface area (TPSA) is 259 Å². The zero-order chi connectivity index (χ0) is 38.2. The van der Waals surface area contributed by atoms with Gasteiger partial charge in [-0.15, -0.1) is 9.42 Å². The summed E-state index contributed by atoms with van der Waals surface area (Å²) in [6, 6.07) is -0.536. The van der Waals surface area contributed by atoms with Gasteiger partial charge in [-0.25, -0.2) is 14.6 Å². The number of hydrazone groups is 1. The molecule has 24 nitrogen and oxygen atoms in total. The van der Waals surface area contributed by atoms with Crippen molar-refractivity contribution in [3.05, 3.63) is 17.3 Å². The van der Waals surface area contributed by atoms with E-state index in [1.807, 2.05) is 11.9 Å². The van der Waals surface area contributed by atoms with Gasteiger partial charge in [0.25, 0.3) is 0 Å². The molecule has 0 aromatic carbocycles. The molecule has 13 atom stereocenters. The number of imidazole rings is 1. The van der Waals surface area contributed by atoms with Gasteiger partial charge in [0.1, 0.15) is 65.9 Å². The molecule has 3 aromatic rings. The minimum Gasteiger partial charge on any atom is -0.394 e. The number of rotatable bonds is 12. The first kappa shape index (κ1) is 37.9. The third kappa shape index (κ3) is 6.28. The summed E-state index contributed by atoms with van der Waals surface area (Å²) >= 11 is 11.2. The Morgan fingerprint density at radius 1 is 1.06 bits per heavy atom. The Morgan fingerprint density at radius 2 is 1.80 bits per heavy atom. The lowest BCUT2D eigenvalue weighted by Gasteiger charge is -2.43. The molecule has 0 amide bonds. The van der Waals surface area contributed by atoms with E-state index in [4.69, 9.17) is 57.0 Å². The first-order chi connectivity index (χ1) is 25.8. The molecule has 3 aromatic heterocycles. The molecule has 0 radical (unpaired) electrons. The van der Waals surface area contributed by atoms with E-state index in [-0.39, 0.29) is 0 Å². The Kier molecular flexibility index (Phi) is 10.1. The number of aliphatic imine (C=N–C) groups is 1. The van der Waals surface area contributed by atoms with Crippen LogP contribution in [0.2, 0.25) is 0 Å². The van der Waals surface area contributed by atoms with E-state index in [9.17, 15) is 24.0 Å². The third-order valence-corrected chi connectivity index (χ3v) is 11.9. The maximum atomic E-state index is 13.6. The van der Waals surface area contributed by atoms with Crippen molar-refractivity contribution in [2.75, 3.05) is 34.5 Å². The second kappa shape index (κ2) is 14.5. The summed E-state index contributed by atoms with van der Waals surface area (Å²) in [7, 11) is -1.94. The molecule has 54 heavy (non-hydrogen) atoms. The molecule has 292 valence electrons. The molecule has 0 aliphatic carbocycles. The molecule has 5 aliphatic heterocycles. The van der Waals surface area contributed by atoms with Crippen LogP contribution in [0.15, 0.2) is 22.7 Å². The van der Waals surface area contributed by atoms with Crippen LogP contribution in [0.1, 0.15) is 6.23 Å². The number of aromatic nitrogens is 6. The predicted molar refractivity (Wildman–Crippen MR) is 188 cm³/mol. The zero-order valence-corrected chi connectivity index (χ0v) is 32.1. The first-order valence-electron chi connectivity index (χ1n) is 16.2. The number of hydrogen-bond acceptors (Lipinski definition) is 20. The van der Waals surface area contributed by atoms with Gasteiger partial charge in [-0.05, 0) is 0 Å². The van der Waals surface area contributed by atoms with Crippen molar-refractivity contribution in [3.63, 3.8) is 0 Å². The molecule has 8 heterocycles. The number of aliphatic hydroxyl groups is 1. The van der Waals surface area contributed by atoms with Crippen molar-refractivity contribution in [1.29, 1.82) is 0 Å². The molecule has 0 saturated carbocycles. The van der Waals surface area contributed by atoms with Crippen molar-refractivity contribution in [2.24, 2.45) is 17.1 Å². The predicted octanol–water partition coefficient (Wildman–Crippen LogP) is -1.23. The fraction of sp³-hybridized carbons (Fsp3) is 0.654. The van der Waals surface area contributed by atoms with Crippen LogP contribution < -0.4 is 5.32 Å². The molecule has 5 aliphatic rings. The number of aryl methyl sites for hydroxylation is 1. The lowest BCUT2D eigenvalue weighted by molar-refractivity contribution is -0.0968. The van der Waals surface area contributed by atoms with Crippen molar-refractivity contribution < 1.29 is 56.5 Å². The largest absolute Gasteiger partial charge is 0.695 e. The smallest absolute Gasteiger partial charge is 0.394 e. The van der Waals surface area contributed by atoms with Crippen LogP contribution in [0.25, 0.3) is 16.9 Å². The van der Waals surface area contributed by atoms with E-state index in [1.165, 1.54) is 42.3 Å². The highest BCUT2D eigenvalue weighted by atomic mass is 32.1. The summed E-state index contributed by atoms with van der Waals surface area (Å²) in [6.07, 6.45) is -4.01. The van der Waals surface area contributed by atoms with Crippen LogP contribution in [-0.2, 0) is 48.7 Å². The highest BCUT2D eigenvalue weighted by Crippen LogP contribution is 2.50. The number of phosphoric acid groups is 1. The second-order valence-corrected chi connectivity index (χ2v) is 15.7. The second-order valence-electron chi connectivity index (χ2n) is 12.8. The number of thiocarbonyl (C=S) groups is 1. The van der Waals surface area contributed by atoms with Crippen LogP contribution in [0, 0.1) is 4.64 Å². The fourth-order valence-corrected chi connectivity index (χ4v) is 9.21. The monoisotopic (exact) mass is 833 g/mol. The first-order valence-corrected chi connectivity index (χ1v) is 19.7. The van der Waals surface area contributed by atoms with Gasteiger partial charge in [0, 0.05) is 32.9 Å². The number of ether oxygens (including phenoxy) is 4. The quantitative estimate of drug-likeness (QED) is 0.123. The summed E-state index contributed by atoms with van der Waals surface area (Å²) < 4.78 is 70.5. The molecule has 4 N–H and O–H groups in total. The van der Waals surface area contributed by atoms with Crippen LogP contribution in [0.5, 0.6) is 0 Å². The summed E-state index contributed by atoms with van der Waals surface area (Å²) in [6.45, 7) is -1.29. The maximum absolute atomic E-state index is 13.6. The molecule has 3 saturated heterocycles. The molecule has 5 unspecified atom stereocenters. The van der Waals surface area contributed by atoms with Gasteiger partial charge < -0.3 is 43.3 Å². The zero-order valence-electron chi connectivity index (χ0n) is 28.7. The van der Waals surface area contributed by atoms with Crippen molar-refractivity contribution >= 4 is 75.1 Å². The molecule has 0 spiro atoms. The Balaban J connectivity index is 0.995. The highest BCUT2D eigenvalue weighted by Gasteiger charge is 2.58. The van der Waals surface area contributed by atoms with Crippen LogP contribution in [0.4, 0.5) is 0 Å². The van der Waals surface area contributed by atoms with Gasteiger partial charge in [0.05, 0.1) is 25.9 Å². The number of aliphatic hydroxyl groups excluding tert-OH is 1. The fourth-order valence-electron chi connectivity index (χ4n) is 7.18. The number of phosphoric ester groups is 1. The SMILES string of the molecule is CO[C@@H]1[C@H](O[P+](=O)O)[C@H](COP(=O)(O)O[C@H]2[C@@H](OC)[C@H](n3cnc4c(=S)n5ncn(C)c5nc43)O[C@@H]2CO)O[C@H]1N1C=NC2C(=S)N3N=CN(C)C3NC21. The van der Waals surface area contributed by atoms with Gasteiger partial charge in [0.15, 0.2) is 35.1 Å². The number of fused-ring (bicyclic) bond motifs is 4. The van der Waals surface area contributed by atoms with Crippen LogP contribution in [0.3, 0.4) is 0 Å². The van der Waals surface area contributed by atoms with Crippen molar-refractivity contribution in [1.82, 2.24) is 48.8 Å². The number of hydrogen-bond donors (Lipinski definition) is 4. The maximum Gasteiger partial charge on any atom is 0.695 e. The Hall–Kier alpha value is -3.04. The Morgan fingerprint density at radius 3 is 2.52 bits per heavy atom. The third-order valence-electron chi connectivity index (χ3n) is 9.70. The Labute approximate surface area is 316 Å². The number of nitrogens with one attached hydrogen (secondary N) is 1. The normalized spacial score (nSPS) is 34.8. The van der Waals surface area contributed by atoms with E-state index in [1.54, 1.807) is 27.9 Å². The minimum atomic E-state index is -5.02. The Bertz CT molecular complexity index is 2140. The minimum absolute atomic E-state index is 0.291. The molecule has 0 bridgehead atoms. The van der Waals surface area contributed by atoms with Gasteiger partial charge in [-0.2, -0.15) is 19.7 Å². The van der Waals surface area contributed by atoms with Gasteiger partial charge in [-0.1, -0.05) is 24.4 Å². The average Bonchev–Trinajstić information content (AvgIpc) is 3.99. The molecule has 8 rings (SSSR count).